The van der Waals surface area contributed by atoms with Gasteiger partial charge in [-0.2, -0.15) is 0 Å². The largest absolute Gasteiger partial charge is 0.368 e. The zero-order chi connectivity index (χ0) is 18.1. The lowest BCUT2D eigenvalue weighted by Crippen LogP contribution is -2.48. The lowest BCUT2D eigenvalue weighted by molar-refractivity contribution is -0.124. The fourth-order valence-corrected chi connectivity index (χ4v) is 4.63. The van der Waals surface area contributed by atoms with E-state index in [9.17, 15) is 9.59 Å². The van der Waals surface area contributed by atoms with Crippen molar-refractivity contribution in [3.8, 4) is 0 Å². The first kappa shape index (κ1) is 18.8. The molecule has 1 aliphatic heterocycles. The van der Waals surface area contributed by atoms with E-state index in [1.165, 1.54) is 18.6 Å². The van der Waals surface area contributed by atoms with E-state index in [0.717, 1.165) is 25.7 Å². The molecule has 0 aromatic heterocycles. The van der Waals surface area contributed by atoms with Gasteiger partial charge < -0.3 is 11.1 Å². The fraction of sp³-hybridized carbons (Fsp3) is 0.529. The summed E-state index contributed by atoms with van der Waals surface area (Å²) < 4.78 is 0. The second kappa shape index (κ2) is 7.70. The number of benzene rings is 1. The molecule has 0 spiro atoms. The van der Waals surface area contributed by atoms with E-state index in [0.29, 0.717) is 26.7 Å². The Hall–Kier alpha value is -1.01. The van der Waals surface area contributed by atoms with E-state index in [1.54, 1.807) is 0 Å². The molecule has 0 radical (unpaired) electrons. The number of nitrogens with zero attached hydrogens (tertiary/aromatic N) is 1. The van der Waals surface area contributed by atoms with E-state index >= 15 is 0 Å². The topological polar surface area (TPSA) is 75.4 Å². The maximum absolute atomic E-state index is 12.5. The molecular formula is C17H20Cl3N3O2. The SMILES string of the molecule is NC(=O)[C@@H]1C[C@@H]2CCCC[C@@H]2N1CC(=O)Nc1cc(Cl)c(Cl)cc1Cl. The van der Waals surface area contributed by atoms with Crippen molar-refractivity contribution in [2.45, 2.75) is 44.2 Å². The highest BCUT2D eigenvalue weighted by molar-refractivity contribution is 6.44. The van der Waals surface area contributed by atoms with Gasteiger partial charge in [0.2, 0.25) is 11.8 Å². The molecule has 1 aromatic carbocycles. The summed E-state index contributed by atoms with van der Waals surface area (Å²) in [6.07, 6.45) is 5.11. The molecule has 2 aliphatic rings. The average molecular weight is 405 g/mol. The zero-order valence-electron chi connectivity index (χ0n) is 13.6. The fourth-order valence-electron chi connectivity index (χ4n) is 4.03. The minimum absolute atomic E-state index is 0.103. The number of likely N-dealkylation sites (tertiary alicyclic amines) is 1. The summed E-state index contributed by atoms with van der Waals surface area (Å²) >= 11 is 18.0. The molecule has 3 rings (SSSR count). The number of rotatable bonds is 4. The van der Waals surface area contributed by atoms with Crippen LogP contribution in [0.1, 0.15) is 32.1 Å². The van der Waals surface area contributed by atoms with Gasteiger partial charge in [-0.1, -0.05) is 47.6 Å². The molecule has 8 heteroatoms. The molecule has 1 heterocycles. The van der Waals surface area contributed by atoms with Crippen LogP contribution in [0.3, 0.4) is 0 Å². The molecule has 3 N–H and O–H groups in total. The highest BCUT2D eigenvalue weighted by Gasteiger charge is 2.44. The number of fused-ring (bicyclic) bond motifs is 1. The van der Waals surface area contributed by atoms with Crippen LogP contribution < -0.4 is 11.1 Å². The number of carbonyl (C=O) groups excluding carboxylic acids is 2. The number of nitrogens with two attached hydrogens (primary N) is 1. The molecule has 25 heavy (non-hydrogen) atoms. The lowest BCUT2D eigenvalue weighted by Gasteiger charge is -2.32. The van der Waals surface area contributed by atoms with Gasteiger partial charge in [0.25, 0.3) is 0 Å². The summed E-state index contributed by atoms with van der Waals surface area (Å²) in [6.45, 7) is 0.103. The van der Waals surface area contributed by atoms with Crippen LogP contribution in [0.4, 0.5) is 5.69 Å². The van der Waals surface area contributed by atoms with Crippen LogP contribution >= 0.6 is 34.8 Å². The first-order valence-corrected chi connectivity index (χ1v) is 9.49. The molecule has 1 saturated heterocycles. The quantitative estimate of drug-likeness (QED) is 0.751. The van der Waals surface area contributed by atoms with Crippen LogP contribution in [-0.2, 0) is 9.59 Å². The Morgan fingerprint density at radius 2 is 1.80 bits per heavy atom. The highest BCUT2D eigenvalue weighted by Crippen LogP contribution is 2.39. The highest BCUT2D eigenvalue weighted by atomic mass is 35.5. The summed E-state index contributed by atoms with van der Waals surface area (Å²) in [7, 11) is 0. The Balaban J connectivity index is 1.72. The second-order valence-electron chi connectivity index (χ2n) is 6.73. The van der Waals surface area contributed by atoms with E-state index in [4.69, 9.17) is 40.5 Å². The zero-order valence-corrected chi connectivity index (χ0v) is 15.9. The number of nitrogens with one attached hydrogen (secondary N) is 1. The van der Waals surface area contributed by atoms with E-state index in [2.05, 4.69) is 5.32 Å². The summed E-state index contributed by atoms with van der Waals surface area (Å²) in [5, 5.41) is 3.70. The predicted molar refractivity (Wildman–Crippen MR) is 100 cm³/mol. The molecule has 2 fully saturated rings. The van der Waals surface area contributed by atoms with Crippen molar-refractivity contribution in [1.29, 1.82) is 0 Å². The third-order valence-corrected chi connectivity index (χ3v) is 6.19. The number of anilines is 1. The number of carbonyl (C=O) groups is 2. The van der Waals surface area contributed by atoms with Gasteiger partial charge in [-0.3, -0.25) is 14.5 Å². The van der Waals surface area contributed by atoms with E-state index in [1.807, 2.05) is 4.90 Å². The average Bonchev–Trinajstić information content (AvgIpc) is 2.91. The molecule has 0 unspecified atom stereocenters. The van der Waals surface area contributed by atoms with Gasteiger partial charge in [0.15, 0.2) is 0 Å². The smallest absolute Gasteiger partial charge is 0.238 e. The molecule has 2 amide bonds. The normalized spacial score (nSPS) is 26.3. The monoisotopic (exact) mass is 403 g/mol. The number of primary amides is 1. The molecule has 1 saturated carbocycles. The van der Waals surface area contributed by atoms with Gasteiger partial charge in [0.1, 0.15) is 0 Å². The molecule has 1 aliphatic carbocycles. The first-order valence-electron chi connectivity index (χ1n) is 8.36. The maximum Gasteiger partial charge on any atom is 0.238 e. The number of hydrogen-bond acceptors (Lipinski definition) is 3. The van der Waals surface area contributed by atoms with Crippen LogP contribution in [0.5, 0.6) is 0 Å². The van der Waals surface area contributed by atoms with Gasteiger partial charge >= 0.3 is 0 Å². The van der Waals surface area contributed by atoms with Crippen LogP contribution in [-0.4, -0.2) is 35.3 Å². The Morgan fingerprint density at radius 1 is 1.12 bits per heavy atom. The molecule has 136 valence electrons. The van der Waals surface area contributed by atoms with Gasteiger partial charge in [-0.15, -0.1) is 0 Å². The third kappa shape index (κ3) is 4.05. The Kier molecular flexibility index (Phi) is 5.78. The van der Waals surface area contributed by atoms with Crippen molar-refractivity contribution < 1.29 is 9.59 Å². The number of amides is 2. The first-order chi connectivity index (χ1) is 11.9. The van der Waals surface area contributed by atoms with Crippen molar-refractivity contribution in [2.75, 3.05) is 11.9 Å². The Bertz CT molecular complexity index is 698. The van der Waals surface area contributed by atoms with Crippen molar-refractivity contribution in [3.05, 3.63) is 27.2 Å². The van der Waals surface area contributed by atoms with Crippen molar-refractivity contribution in [3.63, 3.8) is 0 Å². The standard InChI is InChI=1S/C17H20Cl3N3O2/c18-10-6-12(20)13(7-11(10)19)22-16(24)8-23-14-4-2-1-3-9(14)5-15(23)17(21)25/h6-7,9,14-15H,1-5,8H2,(H2,21,25)(H,22,24)/t9-,14-,15-/m0/s1. The molecular weight excluding hydrogens is 385 g/mol. The van der Waals surface area contributed by atoms with Crippen molar-refractivity contribution >= 4 is 52.3 Å². The van der Waals surface area contributed by atoms with Gasteiger partial charge in [0, 0.05) is 6.04 Å². The van der Waals surface area contributed by atoms with Gasteiger partial charge in [-0.25, -0.2) is 0 Å². The predicted octanol–water partition coefficient (Wildman–Crippen LogP) is 3.70. The van der Waals surface area contributed by atoms with Gasteiger partial charge in [-0.05, 0) is 37.3 Å². The molecule has 1 aromatic rings. The Labute approximate surface area is 161 Å². The third-order valence-electron chi connectivity index (χ3n) is 5.16. The van der Waals surface area contributed by atoms with Gasteiger partial charge in [0.05, 0.1) is 33.3 Å². The molecule has 0 bridgehead atoms. The van der Waals surface area contributed by atoms with Crippen molar-refractivity contribution in [2.24, 2.45) is 11.7 Å². The van der Waals surface area contributed by atoms with Crippen LogP contribution in [0.2, 0.25) is 15.1 Å². The maximum atomic E-state index is 12.5. The molecule has 3 atom stereocenters. The van der Waals surface area contributed by atoms with Crippen LogP contribution in [0.25, 0.3) is 0 Å². The molecule has 5 nitrogen and oxygen atoms in total. The lowest BCUT2D eigenvalue weighted by atomic mass is 9.84. The van der Waals surface area contributed by atoms with E-state index in [-0.39, 0.29) is 30.4 Å². The minimum atomic E-state index is -0.386. The summed E-state index contributed by atoms with van der Waals surface area (Å²) in [6, 6.07) is 2.85. The minimum Gasteiger partial charge on any atom is -0.368 e. The van der Waals surface area contributed by atoms with Crippen molar-refractivity contribution in [1.82, 2.24) is 4.90 Å². The van der Waals surface area contributed by atoms with E-state index < -0.39 is 0 Å². The van der Waals surface area contributed by atoms with Crippen LogP contribution in [0.15, 0.2) is 12.1 Å². The van der Waals surface area contributed by atoms with Crippen LogP contribution in [0, 0.1) is 5.92 Å². The number of hydrogen-bond donors (Lipinski definition) is 2. The Morgan fingerprint density at radius 3 is 2.52 bits per heavy atom. The second-order valence-corrected chi connectivity index (χ2v) is 7.95. The summed E-state index contributed by atoms with van der Waals surface area (Å²) in [4.78, 5) is 26.3. The summed E-state index contributed by atoms with van der Waals surface area (Å²) in [5.74, 6) is -0.180. The summed E-state index contributed by atoms with van der Waals surface area (Å²) in [5.41, 5.74) is 5.96. The number of halogens is 3.